The number of nitro groups is 1. The summed E-state index contributed by atoms with van der Waals surface area (Å²) in [7, 11) is 0. The zero-order valence-electron chi connectivity index (χ0n) is 14.8. The van der Waals surface area contributed by atoms with Crippen LogP contribution in [0.5, 0.6) is 0 Å². The Morgan fingerprint density at radius 2 is 1.96 bits per heavy atom. The molecule has 1 aromatic heterocycles. The fraction of sp³-hybridized carbons (Fsp3) is 0.150. The number of fused-ring (bicyclic) bond motifs is 1. The maximum absolute atomic E-state index is 12.6. The van der Waals surface area contributed by atoms with Gasteiger partial charge in [0.25, 0.3) is 11.6 Å². The highest BCUT2D eigenvalue weighted by molar-refractivity contribution is 6.06. The first-order valence-corrected chi connectivity index (χ1v) is 8.55. The number of aromatic nitrogens is 1. The number of nitro benzene ring substituents is 1. The summed E-state index contributed by atoms with van der Waals surface area (Å²) in [6.07, 6.45) is 3.17. The SMILES string of the molecule is CCCc1cc(C(=O)NN=Cc2ccc([N+](=O)[O-])cc2)c2ccccc2n1. The van der Waals surface area contributed by atoms with Crippen molar-refractivity contribution in [1.29, 1.82) is 0 Å². The molecule has 0 radical (unpaired) electrons. The maximum Gasteiger partial charge on any atom is 0.272 e. The molecule has 0 spiro atoms. The summed E-state index contributed by atoms with van der Waals surface area (Å²) >= 11 is 0. The number of para-hydroxylation sites is 1. The lowest BCUT2D eigenvalue weighted by Gasteiger charge is -2.08. The molecule has 2 aromatic carbocycles. The minimum atomic E-state index is -0.467. The second kappa shape index (κ2) is 8.18. The molecule has 7 heteroatoms. The van der Waals surface area contributed by atoms with Crippen LogP contribution in [-0.4, -0.2) is 22.0 Å². The lowest BCUT2D eigenvalue weighted by molar-refractivity contribution is -0.384. The zero-order valence-corrected chi connectivity index (χ0v) is 14.8. The van der Waals surface area contributed by atoms with Crippen LogP contribution in [0.1, 0.15) is 35.0 Å². The lowest BCUT2D eigenvalue weighted by atomic mass is 10.1. The van der Waals surface area contributed by atoms with Gasteiger partial charge in [-0.05, 0) is 36.2 Å². The van der Waals surface area contributed by atoms with Gasteiger partial charge < -0.3 is 0 Å². The number of nitrogens with one attached hydrogen (secondary N) is 1. The van der Waals surface area contributed by atoms with E-state index in [0.717, 1.165) is 29.4 Å². The van der Waals surface area contributed by atoms with E-state index in [1.165, 1.54) is 18.3 Å². The van der Waals surface area contributed by atoms with E-state index in [1.807, 2.05) is 24.3 Å². The third-order valence-electron chi connectivity index (χ3n) is 4.00. The van der Waals surface area contributed by atoms with Gasteiger partial charge in [-0.25, -0.2) is 5.43 Å². The number of hydrogen-bond donors (Lipinski definition) is 1. The molecular weight excluding hydrogens is 344 g/mol. The van der Waals surface area contributed by atoms with Crippen LogP contribution in [0, 0.1) is 10.1 Å². The molecule has 1 heterocycles. The third kappa shape index (κ3) is 4.33. The smallest absolute Gasteiger partial charge is 0.267 e. The summed E-state index contributed by atoms with van der Waals surface area (Å²) in [5, 5.41) is 15.4. The van der Waals surface area contributed by atoms with Crippen LogP contribution < -0.4 is 5.43 Å². The Hall–Kier alpha value is -3.61. The first-order chi connectivity index (χ1) is 13.1. The number of carbonyl (C=O) groups is 1. The van der Waals surface area contributed by atoms with Crippen molar-refractivity contribution in [2.24, 2.45) is 5.10 Å². The van der Waals surface area contributed by atoms with Gasteiger partial charge in [-0.2, -0.15) is 5.10 Å². The van der Waals surface area contributed by atoms with Gasteiger partial charge >= 0.3 is 0 Å². The van der Waals surface area contributed by atoms with Crippen molar-refractivity contribution in [3.05, 3.63) is 81.5 Å². The summed E-state index contributed by atoms with van der Waals surface area (Å²) in [4.78, 5) is 27.4. The molecule has 3 aromatic rings. The molecule has 136 valence electrons. The normalized spacial score (nSPS) is 11.0. The molecule has 0 fully saturated rings. The van der Waals surface area contributed by atoms with Crippen molar-refractivity contribution in [1.82, 2.24) is 10.4 Å². The molecule has 0 saturated heterocycles. The molecule has 0 unspecified atom stereocenters. The monoisotopic (exact) mass is 362 g/mol. The lowest BCUT2D eigenvalue weighted by Crippen LogP contribution is -2.18. The topological polar surface area (TPSA) is 97.5 Å². The Bertz CT molecular complexity index is 1010. The quantitative estimate of drug-likeness (QED) is 0.409. The molecule has 0 aliphatic rings. The molecule has 7 nitrogen and oxygen atoms in total. The highest BCUT2D eigenvalue weighted by Gasteiger charge is 2.12. The van der Waals surface area contributed by atoms with E-state index in [0.29, 0.717) is 11.1 Å². The number of aryl methyl sites for hydroxylation is 1. The Labute approximate surface area is 155 Å². The van der Waals surface area contributed by atoms with E-state index < -0.39 is 4.92 Å². The van der Waals surface area contributed by atoms with Gasteiger partial charge in [-0.3, -0.25) is 19.9 Å². The molecule has 1 N–H and O–H groups in total. The van der Waals surface area contributed by atoms with Gasteiger partial charge in [-0.1, -0.05) is 31.5 Å². The second-order valence-electron chi connectivity index (χ2n) is 5.98. The highest BCUT2D eigenvalue weighted by atomic mass is 16.6. The Morgan fingerprint density at radius 3 is 2.67 bits per heavy atom. The minimum absolute atomic E-state index is 0.00268. The van der Waals surface area contributed by atoms with E-state index in [4.69, 9.17) is 0 Å². The Morgan fingerprint density at radius 1 is 1.22 bits per heavy atom. The van der Waals surface area contributed by atoms with Crippen LogP contribution in [0.25, 0.3) is 10.9 Å². The van der Waals surface area contributed by atoms with Crippen LogP contribution in [0.3, 0.4) is 0 Å². The van der Waals surface area contributed by atoms with E-state index in [-0.39, 0.29) is 11.6 Å². The van der Waals surface area contributed by atoms with Gasteiger partial charge in [0.1, 0.15) is 0 Å². The van der Waals surface area contributed by atoms with E-state index in [9.17, 15) is 14.9 Å². The summed E-state index contributed by atoms with van der Waals surface area (Å²) < 4.78 is 0. The van der Waals surface area contributed by atoms with Crippen LogP contribution >= 0.6 is 0 Å². The summed E-state index contributed by atoms with van der Waals surface area (Å²) in [5.74, 6) is -0.330. The van der Waals surface area contributed by atoms with Crippen LogP contribution in [-0.2, 0) is 6.42 Å². The van der Waals surface area contributed by atoms with Crippen molar-refractivity contribution >= 4 is 28.7 Å². The predicted molar refractivity (Wildman–Crippen MR) is 104 cm³/mol. The molecule has 0 atom stereocenters. The van der Waals surface area contributed by atoms with E-state index in [2.05, 4.69) is 22.4 Å². The molecule has 27 heavy (non-hydrogen) atoms. The molecule has 0 saturated carbocycles. The molecule has 0 aliphatic carbocycles. The standard InChI is InChI=1S/C20H18N4O3/c1-2-5-15-12-18(17-6-3-4-7-19(17)22-15)20(25)23-21-13-14-8-10-16(11-9-14)24(26)27/h3-4,6-13H,2,5H2,1H3,(H,23,25). The number of carbonyl (C=O) groups excluding carboxylic acids is 1. The number of nitrogens with zero attached hydrogens (tertiary/aromatic N) is 3. The average Bonchev–Trinajstić information content (AvgIpc) is 2.68. The summed E-state index contributed by atoms with van der Waals surface area (Å²) in [6.45, 7) is 2.06. The van der Waals surface area contributed by atoms with Crippen molar-refractivity contribution < 1.29 is 9.72 Å². The van der Waals surface area contributed by atoms with Gasteiger partial charge in [0, 0.05) is 23.2 Å². The highest BCUT2D eigenvalue weighted by Crippen LogP contribution is 2.19. The van der Waals surface area contributed by atoms with E-state index in [1.54, 1.807) is 18.2 Å². The molecule has 1 amide bonds. The Kier molecular flexibility index (Phi) is 5.51. The van der Waals surface area contributed by atoms with Gasteiger partial charge in [0.05, 0.1) is 22.2 Å². The second-order valence-corrected chi connectivity index (χ2v) is 5.98. The fourth-order valence-electron chi connectivity index (χ4n) is 2.71. The number of pyridine rings is 1. The molecule has 0 bridgehead atoms. The Balaban J connectivity index is 1.80. The number of amides is 1. The first-order valence-electron chi connectivity index (χ1n) is 8.55. The number of benzene rings is 2. The van der Waals surface area contributed by atoms with Crippen LogP contribution in [0.15, 0.2) is 59.7 Å². The number of hydrazone groups is 1. The number of rotatable bonds is 6. The van der Waals surface area contributed by atoms with Gasteiger partial charge in [0.2, 0.25) is 0 Å². The molecule has 3 rings (SSSR count). The van der Waals surface area contributed by atoms with Crippen molar-refractivity contribution in [3.63, 3.8) is 0 Å². The van der Waals surface area contributed by atoms with Crippen molar-refractivity contribution in [2.75, 3.05) is 0 Å². The van der Waals surface area contributed by atoms with Crippen molar-refractivity contribution in [2.45, 2.75) is 19.8 Å². The van der Waals surface area contributed by atoms with Crippen LogP contribution in [0.2, 0.25) is 0 Å². The number of non-ortho nitro benzene ring substituents is 1. The van der Waals surface area contributed by atoms with Gasteiger partial charge in [-0.15, -0.1) is 0 Å². The first kappa shape index (κ1) is 18.2. The average molecular weight is 362 g/mol. The van der Waals surface area contributed by atoms with E-state index >= 15 is 0 Å². The molecular formula is C20H18N4O3. The van der Waals surface area contributed by atoms with Crippen molar-refractivity contribution in [3.8, 4) is 0 Å². The molecule has 0 aliphatic heterocycles. The maximum atomic E-state index is 12.6. The summed E-state index contributed by atoms with van der Waals surface area (Å²) in [6, 6.07) is 15.2. The fourth-order valence-corrected chi connectivity index (χ4v) is 2.71. The summed E-state index contributed by atoms with van der Waals surface area (Å²) in [5.41, 5.74) is 5.31. The zero-order chi connectivity index (χ0) is 19.2. The largest absolute Gasteiger partial charge is 0.272 e. The van der Waals surface area contributed by atoms with Crippen LogP contribution in [0.4, 0.5) is 5.69 Å². The third-order valence-corrected chi connectivity index (χ3v) is 4.00. The minimum Gasteiger partial charge on any atom is -0.267 e. The predicted octanol–water partition coefficient (Wildman–Crippen LogP) is 3.86. The number of hydrogen-bond acceptors (Lipinski definition) is 5. The van der Waals surface area contributed by atoms with Gasteiger partial charge in [0.15, 0.2) is 0 Å².